The van der Waals surface area contributed by atoms with Crippen molar-refractivity contribution in [2.75, 3.05) is 0 Å². The summed E-state index contributed by atoms with van der Waals surface area (Å²) in [6.07, 6.45) is 1.47. The van der Waals surface area contributed by atoms with E-state index in [1.807, 2.05) is 24.3 Å². The fourth-order valence-corrected chi connectivity index (χ4v) is 5.07. The minimum atomic E-state index is -2.21. The van der Waals surface area contributed by atoms with Crippen molar-refractivity contribution in [1.29, 1.82) is 0 Å². The fraction of sp³-hybridized carbons (Fsp3) is 0.229. The van der Waals surface area contributed by atoms with E-state index in [0.29, 0.717) is 0 Å². The highest BCUT2D eigenvalue weighted by atomic mass is 19.2. The lowest BCUT2D eigenvalue weighted by molar-refractivity contribution is 0.381. The van der Waals surface area contributed by atoms with Crippen molar-refractivity contribution in [2.45, 2.75) is 52.4 Å². The molecule has 0 fully saturated rings. The van der Waals surface area contributed by atoms with Crippen LogP contribution in [-0.4, -0.2) is 11.9 Å². The van der Waals surface area contributed by atoms with Crippen LogP contribution in [0, 0.1) is 29.1 Å². The van der Waals surface area contributed by atoms with Crippen LogP contribution in [0.4, 0.5) is 22.0 Å². The molecular formula is C35H31BF5NO. The maximum Gasteiger partial charge on any atom is 0.426 e. The van der Waals surface area contributed by atoms with Crippen molar-refractivity contribution in [2.24, 2.45) is 0 Å². The molecule has 4 aromatic carbocycles. The van der Waals surface area contributed by atoms with Gasteiger partial charge in [0.25, 0.3) is 0 Å². The summed E-state index contributed by atoms with van der Waals surface area (Å²) < 4.78 is 78.3. The monoisotopic (exact) mass is 587 g/mol. The molecule has 0 unspecified atom stereocenters. The topological polar surface area (TPSA) is 22.1 Å². The fourth-order valence-electron chi connectivity index (χ4n) is 5.07. The molecule has 0 aliphatic carbocycles. The Morgan fingerprint density at radius 3 is 1.51 bits per heavy atom. The van der Waals surface area contributed by atoms with E-state index in [4.69, 9.17) is 4.65 Å². The zero-order chi connectivity index (χ0) is 31.3. The molecule has 0 bridgehead atoms. The third-order valence-electron chi connectivity index (χ3n) is 7.62. The predicted octanol–water partition coefficient (Wildman–Crippen LogP) is 8.38. The van der Waals surface area contributed by atoms with Crippen molar-refractivity contribution >= 4 is 28.7 Å². The molecule has 8 heteroatoms. The largest absolute Gasteiger partial charge is 0.550 e. The quantitative estimate of drug-likeness (QED) is 0.0893. The molecule has 1 heterocycles. The van der Waals surface area contributed by atoms with Gasteiger partial charge in [-0.15, -0.1) is 0 Å². The molecule has 5 rings (SSSR count). The highest BCUT2D eigenvalue weighted by Gasteiger charge is 2.30. The van der Waals surface area contributed by atoms with Crippen molar-refractivity contribution in [1.82, 2.24) is 4.98 Å². The van der Waals surface area contributed by atoms with Gasteiger partial charge in [0, 0.05) is 11.6 Å². The smallest absolute Gasteiger partial charge is 0.426 e. The Morgan fingerprint density at radius 2 is 1.05 bits per heavy atom. The van der Waals surface area contributed by atoms with Gasteiger partial charge in [0.05, 0.1) is 5.56 Å². The normalized spacial score (nSPS) is 12.1. The Bertz CT molecular complexity index is 1720. The molecule has 0 atom stereocenters. The molecule has 5 aromatic rings. The summed E-state index contributed by atoms with van der Waals surface area (Å²) in [6.45, 7) is 12.2. The van der Waals surface area contributed by atoms with E-state index in [0.717, 1.165) is 22.1 Å². The molecule has 2 nitrogen and oxygen atoms in total. The number of rotatable bonds is 5. The number of benzene rings is 4. The number of hydrogen-bond acceptors (Lipinski definition) is 2. The summed E-state index contributed by atoms with van der Waals surface area (Å²) in [6, 6.07) is 22.0. The van der Waals surface area contributed by atoms with E-state index in [1.54, 1.807) is 0 Å². The summed E-state index contributed by atoms with van der Waals surface area (Å²) in [7, 11) is 0. The lowest BCUT2D eigenvalue weighted by Crippen LogP contribution is -2.47. The zero-order valence-electron chi connectivity index (χ0n) is 24.8. The van der Waals surface area contributed by atoms with E-state index in [-0.39, 0.29) is 33.0 Å². The Morgan fingerprint density at radius 1 is 0.581 bits per heavy atom. The van der Waals surface area contributed by atoms with Crippen LogP contribution in [-0.2, 0) is 10.8 Å². The van der Waals surface area contributed by atoms with Gasteiger partial charge in [-0.3, -0.25) is 4.98 Å². The van der Waals surface area contributed by atoms with E-state index >= 15 is 0 Å². The molecule has 0 aliphatic heterocycles. The SMILES string of the molecule is CC(C)(C)c1ccc(B(Oc2ccc(-c3c(F)c(F)c(F)c(F)c3F)c3cccnc23)c2ccc(C(C)(C)C)cc2)cc1. The summed E-state index contributed by atoms with van der Waals surface area (Å²) in [4.78, 5) is 4.39. The van der Waals surface area contributed by atoms with E-state index in [1.165, 1.54) is 30.5 Å². The predicted molar refractivity (Wildman–Crippen MR) is 163 cm³/mol. The number of pyridine rings is 1. The van der Waals surface area contributed by atoms with Gasteiger partial charge in [-0.1, -0.05) is 96.1 Å². The third-order valence-corrected chi connectivity index (χ3v) is 7.62. The van der Waals surface area contributed by atoms with Crippen LogP contribution in [0.25, 0.3) is 22.0 Å². The van der Waals surface area contributed by atoms with Crippen molar-refractivity contribution < 1.29 is 26.6 Å². The van der Waals surface area contributed by atoms with Crippen molar-refractivity contribution in [3.8, 4) is 16.9 Å². The molecule has 0 amide bonds. The van der Waals surface area contributed by atoms with Crippen molar-refractivity contribution in [3.05, 3.63) is 119 Å². The molecule has 0 radical (unpaired) electrons. The summed E-state index contributed by atoms with van der Waals surface area (Å²) in [5.41, 5.74) is 2.93. The average Bonchev–Trinajstić information content (AvgIpc) is 2.98. The van der Waals surface area contributed by atoms with Gasteiger partial charge in [0.1, 0.15) is 11.3 Å². The van der Waals surface area contributed by atoms with Gasteiger partial charge in [0.2, 0.25) is 5.82 Å². The Balaban J connectivity index is 1.65. The van der Waals surface area contributed by atoms with E-state index in [2.05, 4.69) is 70.8 Å². The van der Waals surface area contributed by atoms with Gasteiger partial charge in [-0.25, -0.2) is 22.0 Å². The molecule has 43 heavy (non-hydrogen) atoms. The van der Waals surface area contributed by atoms with Gasteiger partial charge >= 0.3 is 6.92 Å². The first-order valence-corrected chi connectivity index (χ1v) is 14.0. The van der Waals surface area contributed by atoms with Crippen LogP contribution in [0.1, 0.15) is 52.7 Å². The van der Waals surface area contributed by atoms with Crippen LogP contribution < -0.4 is 15.6 Å². The summed E-state index contributed by atoms with van der Waals surface area (Å²) in [5.74, 6) is -9.77. The van der Waals surface area contributed by atoms with E-state index in [9.17, 15) is 22.0 Å². The average molecular weight is 587 g/mol. The van der Waals surface area contributed by atoms with Crippen LogP contribution in [0.5, 0.6) is 5.75 Å². The molecule has 1 aromatic heterocycles. The van der Waals surface area contributed by atoms with E-state index < -0.39 is 41.6 Å². The number of nitrogens with zero attached hydrogens (tertiary/aromatic N) is 1. The molecule has 0 spiro atoms. The maximum absolute atomic E-state index is 14.8. The minimum absolute atomic E-state index is 0.0525. The number of hydrogen-bond donors (Lipinski definition) is 0. The standard InChI is InChI=1S/C35H31BF5NO/c1-34(2,3)20-9-13-22(14-10-20)36(23-15-11-21(12-16-23)35(4,5)6)43-26-18-17-24(25-8-7-19-42-33(25)26)27-28(37)30(39)32(41)31(40)29(27)38/h7-19H,1-6H3. The highest BCUT2D eigenvalue weighted by molar-refractivity contribution is 6.80. The Kier molecular flexibility index (Phi) is 7.84. The molecule has 0 saturated heterocycles. The summed E-state index contributed by atoms with van der Waals surface area (Å²) in [5, 5.41) is 0.174. The zero-order valence-corrected chi connectivity index (χ0v) is 24.8. The molecule has 0 aliphatic rings. The first kappa shape index (κ1) is 30.3. The van der Waals surface area contributed by atoms with Crippen molar-refractivity contribution in [3.63, 3.8) is 0 Å². The first-order chi connectivity index (χ1) is 20.2. The second-order valence-electron chi connectivity index (χ2n) is 12.7. The highest BCUT2D eigenvalue weighted by Crippen LogP contribution is 2.38. The van der Waals surface area contributed by atoms with Crippen LogP contribution in [0.2, 0.25) is 0 Å². The first-order valence-electron chi connectivity index (χ1n) is 14.0. The molecule has 0 saturated carbocycles. The van der Waals surface area contributed by atoms with Gasteiger partial charge in [0.15, 0.2) is 23.3 Å². The van der Waals surface area contributed by atoms with Crippen LogP contribution in [0.3, 0.4) is 0 Å². The number of halogens is 5. The number of fused-ring (bicyclic) bond motifs is 1. The molecule has 220 valence electrons. The van der Waals surface area contributed by atoms with Gasteiger partial charge < -0.3 is 4.65 Å². The Labute approximate surface area is 248 Å². The lowest BCUT2D eigenvalue weighted by Gasteiger charge is -2.23. The lowest BCUT2D eigenvalue weighted by atomic mass is 9.55. The van der Waals surface area contributed by atoms with Crippen LogP contribution in [0.15, 0.2) is 79.0 Å². The second kappa shape index (κ2) is 11.1. The third kappa shape index (κ3) is 5.75. The second-order valence-corrected chi connectivity index (χ2v) is 12.7. The molecule has 0 N–H and O–H groups in total. The van der Waals surface area contributed by atoms with Gasteiger partial charge in [-0.2, -0.15) is 0 Å². The number of aromatic nitrogens is 1. The van der Waals surface area contributed by atoms with Gasteiger partial charge in [-0.05, 0) is 56.6 Å². The molecular weight excluding hydrogens is 556 g/mol. The van der Waals surface area contributed by atoms with Crippen LogP contribution >= 0.6 is 0 Å². The summed E-state index contributed by atoms with van der Waals surface area (Å²) >= 11 is 0. The minimum Gasteiger partial charge on any atom is -0.550 e. The maximum atomic E-state index is 14.8. The Hall–Kier alpha value is -4.20.